The van der Waals surface area contributed by atoms with Crippen molar-refractivity contribution in [3.05, 3.63) is 174 Å². The molecule has 7 aromatic carbocycles. The topological polar surface area (TPSA) is 3.24 Å². The molecule has 0 saturated heterocycles. The minimum Gasteiger partial charge on any atom is -0.310 e. The Morgan fingerprint density at radius 2 is 1.24 bits per heavy atom. The van der Waals surface area contributed by atoms with Crippen LogP contribution in [0.15, 0.2) is 152 Å². The largest absolute Gasteiger partial charge is 0.310 e. The van der Waals surface area contributed by atoms with Gasteiger partial charge in [-0.05, 0) is 140 Å². The lowest BCUT2D eigenvalue weighted by molar-refractivity contribution is 0.420. The first-order valence-electron chi connectivity index (χ1n) is 20.5. The van der Waals surface area contributed by atoms with Gasteiger partial charge in [0.05, 0.1) is 5.69 Å². The number of nitrogens with zero attached hydrogens (tertiary/aromatic N) is 1. The lowest BCUT2D eigenvalue weighted by Gasteiger charge is -2.32. The van der Waals surface area contributed by atoms with Crippen molar-refractivity contribution in [3.8, 4) is 33.4 Å². The maximum atomic E-state index is 2.56. The Hall–Kier alpha value is -5.40. The Morgan fingerprint density at radius 1 is 0.545 bits per heavy atom. The van der Waals surface area contributed by atoms with Crippen LogP contribution in [0.1, 0.15) is 88.5 Å². The molecule has 3 atom stereocenters. The number of benzene rings is 7. The molecule has 0 radical (unpaired) electrons. The van der Waals surface area contributed by atoms with Gasteiger partial charge in [0.15, 0.2) is 0 Å². The molecule has 0 aromatic heterocycles. The van der Waals surface area contributed by atoms with E-state index in [0.29, 0.717) is 5.92 Å². The summed E-state index contributed by atoms with van der Waals surface area (Å²) in [6.07, 6.45) is 5.61. The Morgan fingerprint density at radius 3 is 1.96 bits per heavy atom. The van der Waals surface area contributed by atoms with E-state index in [2.05, 4.69) is 191 Å². The fourth-order valence-corrected chi connectivity index (χ4v) is 10.7. The number of hydrogen-bond acceptors (Lipinski definition) is 1. The summed E-state index contributed by atoms with van der Waals surface area (Å²) in [5.41, 5.74) is 16.9. The van der Waals surface area contributed by atoms with E-state index in [4.69, 9.17) is 0 Å². The highest BCUT2D eigenvalue weighted by Gasteiger charge is 2.40. The van der Waals surface area contributed by atoms with Gasteiger partial charge in [0.1, 0.15) is 0 Å². The smallest absolute Gasteiger partial charge is 0.0546 e. The zero-order valence-electron chi connectivity index (χ0n) is 32.9. The van der Waals surface area contributed by atoms with Crippen molar-refractivity contribution in [3.63, 3.8) is 0 Å². The van der Waals surface area contributed by atoms with E-state index in [0.717, 1.165) is 11.8 Å². The third-order valence-electron chi connectivity index (χ3n) is 13.5. The second kappa shape index (κ2) is 12.8. The molecular formula is C54H51N. The Kier molecular flexibility index (Phi) is 7.97. The number of anilines is 3. The van der Waals surface area contributed by atoms with Crippen molar-refractivity contribution in [1.82, 2.24) is 0 Å². The van der Waals surface area contributed by atoms with Crippen molar-refractivity contribution in [2.24, 2.45) is 11.8 Å². The van der Waals surface area contributed by atoms with Crippen LogP contribution in [0, 0.1) is 11.8 Å². The van der Waals surface area contributed by atoms with Gasteiger partial charge in [0.25, 0.3) is 0 Å². The summed E-state index contributed by atoms with van der Waals surface area (Å²) in [4.78, 5) is 2.56. The molecular weight excluding hydrogens is 663 g/mol. The number of fused-ring (bicyclic) bond motifs is 6. The van der Waals surface area contributed by atoms with Gasteiger partial charge >= 0.3 is 0 Å². The van der Waals surface area contributed by atoms with E-state index in [-0.39, 0.29) is 10.8 Å². The monoisotopic (exact) mass is 713 g/mol. The maximum Gasteiger partial charge on any atom is 0.0546 e. The number of hydrogen-bond donors (Lipinski definition) is 0. The van der Waals surface area contributed by atoms with Gasteiger partial charge in [-0.3, -0.25) is 0 Å². The quantitative estimate of drug-likeness (QED) is 0.166. The van der Waals surface area contributed by atoms with Crippen LogP contribution in [-0.4, -0.2) is 0 Å². The molecule has 1 nitrogen and oxygen atoms in total. The third kappa shape index (κ3) is 5.66. The Balaban J connectivity index is 1.20. The molecule has 0 aliphatic heterocycles. The zero-order valence-corrected chi connectivity index (χ0v) is 32.9. The van der Waals surface area contributed by atoms with E-state index in [1.807, 2.05) is 0 Å². The highest BCUT2D eigenvalue weighted by atomic mass is 15.1. The van der Waals surface area contributed by atoms with Gasteiger partial charge in [-0.2, -0.15) is 0 Å². The summed E-state index contributed by atoms with van der Waals surface area (Å²) in [5.74, 6) is 2.49. The van der Waals surface area contributed by atoms with Crippen LogP contribution in [0.2, 0.25) is 0 Å². The molecule has 0 amide bonds. The highest BCUT2D eigenvalue weighted by molar-refractivity contribution is 6.00. The van der Waals surface area contributed by atoms with Crippen molar-refractivity contribution >= 4 is 27.8 Å². The van der Waals surface area contributed by atoms with Crippen molar-refractivity contribution in [1.29, 1.82) is 0 Å². The maximum absolute atomic E-state index is 2.56. The van der Waals surface area contributed by atoms with Crippen LogP contribution < -0.4 is 4.90 Å². The third-order valence-corrected chi connectivity index (χ3v) is 13.5. The van der Waals surface area contributed by atoms with Crippen LogP contribution in [0.3, 0.4) is 0 Å². The van der Waals surface area contributed by atoms with Crippen LogP contribution in [0.4, 0.5) is 17.1 Å². The summed E-state index contributed by atoms with van der Waals surface area (Å²) in [6.45, 7) is 11.8. The first kappa shape index (κ1) is 34.1. The van der Waals surface area contributed by atoms with E-state index in [1.54, 1.807) is 0 Å². The average Bonchev–Trinajstić information content (AvgIpc) is 3.91. The van der Waals surface area contributed by atoms with Crippen LogP contribution in [0.5, 0.6) is 0 Å². The molecule has 2 saturated carbocycles. The predicted molar refractivity (Wildman–Crippen MR) is 234 cm³/mol. The lowest BCUT2D eigenvalue weighted by atomic mass is 9.81. The van der Waals surface area contributed by atoms with Gasteiger partial charge in [-0.1, -0.05) is 156 Å². The van der Waals surface area contributed by atoms with Gasteiger partial charge in [0.2, 0.25) is 0 Å². The first-order chi connectivity index (χ1) is 26.6. The molecule has 3 aliphatic rings. The normalized spacial score (nSPS) is 19.4. The lowest BCUT2D eigenvalue weighted by Crippen LogP contribution is -2.17. The van der Waals surface area contributed by atoms with Crippen LogP contribution in [-0.2, 0) is 10.8 Å². The fourth-order valence-electron chi connectivity index (χ4n) is 10.7. The van der Waals surface area contributed by atoms with Gasteiger partial charge in [-0.15, -0.1) is 0 Å². The predicted octanol–water partition coefficient (Wildman–Crippen LogP) is 15.2. The molecule has 7 aromatic rings. The summed E-state index contributed by atoms with van der Waals surface area (Å²) in [5, 5.41) is 2.51. The minimum atomic E-state index is -0.159. The second-order valence-corrected chi connectivity index (χ2v) is 18.2. The molecule has 10 rings (SSSR count). The molecule has 0 spiro atoms. The summed E-state index contributed by atoms with van der Waals surface area (Å²) < 4.78 is 0. The summed E-state index contributed by atoms with van der Waals surface area (Å²) in [6, 6.07) is 57.6. The second-order valence-electron chi connectivity index (χ2n) is 18.2. The van der Waals surface area contributed by atoms with Crippen molar-refractivity contribution in [2.45, 2.75) is 77.0 Å². The molecule has 0 N–H and O–H groups in total. The fraction of sp³-hybridized carbons (Fsp3) is 0.259. The molecule has 3 aliphatic carbocycles. The average molecular weight is 714 g/mol. The van der Waals surface area contributed by atoms with E-state index < -0.39 is 0 Å². The van der Waals surface area contributed by atoms with E-state index in [9.17, 15) is 0 Å². The zero-order chi connectivity index (χ0) is 37.5. The molecule has 272 valence electrons. The molecule has 2 bridgehead atoms. The van der Waals surface area contributed by atoms with E-state index in [1.165, 1.54) is 109 Å². The Bertz CT molecular complexity index is 2570. The van der Waals surface area contributed by atoms with Crippen molar-refractivity contribution < 1.29 is 0 Å². The molecule has 55 heavy (non-hydrogen) atoms. The van der Waals surface area contributed by atoms with Crippen LogP contribution >= 0.6 is 0 Å². The molecule has 0 heterocycles. The molecule has 2 fully saturated rings. The van der Waals surface area contributed by atoms with Crippen LogP contribution in [0.25, 0.3) is 44.2 Å². The number of rotatable bonds is 6. The summed E-state index contributed by atoms with van der Waals surface area (Å²) in [7, 11) is 0. The van der Waals surface area contributed by atoms with Gasteiger partial charge in [0, 0.05) is 22.4 Å². The Labute approximate surface area is 327 Å². The van der Waals surface area contributed by atoms with Gasteiger partial charge in [-0.25, -0.2) is 0 Å². The van der Waals surface area contributed by atoms with E-state index >= 15 is 0 Å². The van der Waals surface area contributed by atoms with Crippen molar-refractivity contribution in [2.75, 3.05) is 4.90 Å². The standard InChI is InChI=1S/C54H51N/c1-53(2,3)48-20-12-11-18-44(48)47-32-38-16-9-10-17-39(38)33-51(47)55(41-26-24-37(25-27-41)46-31-35-22-23-40(46)30-35)42-28-29-45-50(34-42)54(4,5)49-21-13-19-43(52(45)49)36-14-7-6-8-15-36/h6-21,24-29,32-35,40,46H,22-23,30-31H2,1-5H3. The molecule has 3 unspecified atom stereocenters. The minimum absolute atomic E-state index is 0.0213. The SMILES string of the molecule is CC(C)(C)c1ccccc1-c1cc2ccccc2cc1N(c1ccc(C2CC3CCC2C3)cc1)c1ccc2c(c1)C(C)(C)c1cccc(-c3ccccc3)c1-2. The summed E-state index contributed by atoms with van der Waals surface area (Å²) >= 11 is 0. The highest BCUT2D eigenvalue weighted by Crippen LogP contribution is 2.56. The molecule has 1 heteroatoms. The van der Waals surface area contributed by atoms with Gasteiger partial charge < -0.3 is 4.90 Å². The first-order valence-corrected chi connectivity index (χ1v) is 20.5.